The second-order valence-electron chi connectivity index (χ2n) is 9.98. The maximum absolute atomic E-state index is 11.9. The highest BCUT2D eigenvalue weighted by molar-refractivity contribution is 5.96. The second kappa shape index (κ2) is 15.9. The minimum absolute atomic E-state index is 0.132. The van der Waals surface area contributed by atoms with Gasteiger partial charge in [0.15, 0.2) is 5.96 Å². The number of furan rings is 1. The van der Waals surface area contributed by atoms with E-state index < -0.39 is 0 Å². The van der Waals surface area contributed by atoms with Crippen LogP contribution in [0.15, 0.2) is 57.9 Å². The smallest absolute Gasteiger partial charge is 0.337 e. The molecule has 0 saturated carbocycles. The Kier molecular flexibility index (Phi) is 12.0. The van der Waals surface area contributed by atoms with Crippen molar-refractivity contribution in [1.29, 1.82) is 0 Å². The predicted octanol–water partition coefficient (Wildman–Crippen LogP) is 4.85. The summed E-state index contributed by atoms with van der Waals surface area (Å²) in [4.78, 5) is 42.9. The van der Waals surface area contributed by atoms with Crippen LogP contribution >= 0.6 is 0 Å². The van der Waals surface area contributed by atoms with E-state index in [4.69, 9.17) is 10.2 Å². The highest BCUT2D eigenvalue weighted by Crippen LogP contribution is 2.23. The van der Waals surface area contributed by atoms with Crippen LogP contribution in [0.2, 0.25) is 0 Å². The van der Waals surface area contributed by atoms with E-state index in [1.54, 1.807) is 29.2 Å². The van der Waals surface area contributed by atoms with Gasteiger partial charge in [-0.15, -0.1) is 12.8 Å². The molecule has 222 valence electrons. The summed E-state index contributed by atoms with van der Waals surface area (Å²) in [6.45, 7) is 4.72. The van der Waals surface area contributed by atoms with E-state index in [-0.39, 0.29) is 23.7 Å². The molecule has 2 saturated heterocycles. The van der Waals surface area contributed by atoms with E-state index in [2.05, 4.69) is 27.9 Å². The summed E-state index contributed by atoms with van der Waals surface area (Å²) in [7, 11) is 1.34. The third-order valence-corrected chi connectivity index (χ3v) is 6.91. The number of amides is 2. The summed E-state index contributed by atoms with van der Waals surface area (Å²) < 4.78 is 10.2. The average molecular weight is 574 g/mol. The van der Waals surface area contributed by atoms with Gasteiger partial charge in [-0.2, -0.15) is 0 Å². The van der Waals surface area contributed by atoms with Crippen molar-refractivity contribution >= 4 is 46.1 Å². The number of carbonyl (C=O) groups excluding carboxylic acids is 3. The molecule has 0 bridgehead atoms. The molecule has 3 heterocycles. The van der Waals surface area contributed by atoms with E-state index in [9.17, 15) is 14.4 Å². The number of carbonyl (C=O) groups is 3. The van der Waals surface area contributed by atoms with Gasteiger partial charge in [0.05, 0.1) is 24.9 Å². The largest absolute Gasteiger partial charge is 0.465 e. The Hall–Kier alpha value is -4.78. The Morgan fingerprint density at radius 1 is 1.00 bits per heavy atom. The SMILES string of the molecule is C#C.COC(=O)c1ccc(N=C(N)Nc2ccc3oc(C)cc3c2)cc1.O=C(CN1CCCCCC1=O)N1CCCC1. The highest BCUT2D eigenvalue weighted by atomic mass is 16.5. The van der Waals surface area contributed by atoms with Gasteiger partial charge in [0.2, 0.25) is 11.8 Å². The summed E-state index contributed by atoms with van der Waals surface area (Å²) in [6, 6.07) is 14.3. The van der Waals surface area contributed by atoms with Gasteiger partial charge in [-0.05, 0) is 81.1 Å². The third-order valence-electron chi connectivity index (χ3n) is 6.91. The number of rotatable bonds is 5. The quantitative estimate of drug-likeness (QED) is 0.193. The van der Waals surface area contributed by atoms with Crippen molar-refractivity contribution in [1.82, 2.24) is 9.80 Å². The van der Waals surface area contributed by atoms with Crippen molar-refractivity contribution < 1.29 is 23.5 Å². The van der Waals surface area contributed by atoms with Crippen LogP contribution in [0.4, 0.5) is 11.4 Å². The zero-order chi connectivity index (χ0) is 30.5. The summed E-state index contributed by atoms with van der Waals surface area (Å²) in [5.74, 6) is 1.01. The Bertz CT molecular complexity index is 1400. The van der Waals surface area contributed by atoms with Gasteiger partial charge in [-0.3, -0.25) is 9.59 Å². The molecule has 10 nitrogen and oxygen atoms in total. The van der Waals surface area contributed by atoms with Crippen LogP contribution in [0.1, 0.15) is 54.6 Å². The van der Waals surface area contributed by atoms with Crippen LogP contribution in [0, 0.1) is 19.8 Å². The minimum atomic E-state index is -0.389. The molecule has 5 rings (SSSR count). The maximum atomic E-state index is 11.9. The number of likely N-dealkylation sites (tertiary alicyclic amines) is 2. The number of methoxy groups -OCH3 is 1. The van der Waals surface area contributed by atoms with Gasteiger partial charge in [0.25, 0.3) is 0 Å². The lowest BCUT2D eigenvalue weighted by Gasteiger charge is -2.23. The molecular formula is C32H39N5O5. The monoisotopic (exact) mass is 573 g/mol. The van der Waals surface area contributed by atoms with Gasteiger partial charge in [0.1, 0.15) is 11.3 Å². The highest BCUT2D eigenvalue weighted by Gasteiger charge is 2.23. The molecule has 2 fully saturated rings. The van der Waals surface area contributed by atoms with Crippen LogP contribution in [0.5, 0.6) is 0 Å². The Morgan fingerprint density at radius 2 is 1.69 bits per heavy atom. The summed E-state index contributed by atoms with van der Waals surface area (Å²) in [5.41, 5.74) is 8.67. The van der Waals surface area contributed by atoms with Crippen LogP contribution in [-0.2, 0) is 14.3 Å². The standard InChI is InChI=1S/C18H17N3O3.C12H20N2O2.C2H2/c1-11-9-13-10-15(7-8-16(13)24-11)21-18(19)20-14-5-3-12(4-6-14)17(22)23-2;15-11-6-2-1-3-9-14(11)10-12(16)13-7-4-5-8-13;1-2/h3-10H,1-2H3,(H3,19,20,21);1-10H2;1-2H. The molecule has 3 aromatic rings. The van der Waals surface area contributed by atoms with Crippen molar-refractivity contribution in [2.45, 2.75) is 45.4 Å². The zero-order valence-electron chi connectivity index (χ0n) is 24.3. The normalized spacial score (nSPS) is 15.1. The number of terminal acetylenes is 1. The molecule has 42 heavy (non-hydrogen) atoms. The van der Waals surface area contributed by atoms with Gasteiger partial charge < -0.3 is 30.0 Å². The second-order valence-corrected chi connectivity index (χ2v) is 9.98. The van der Waals surface area contributed by atoms with Crippen molar-refractivity contribution in [3.05, 3.63) is 59.9 Å². The number of fused-ring (bicyclic) bond motifs is 1. The lowest BCUT2D eigenvalue weighted by atomic mass is 10.2. The van der Waals surface area contributed by atoms with E-state index in [1.807, 2.05) is 36.1 Å². The molecule has 2 amide bonds. The number of anilines is 1. The van der Waals surface area contributed by atoms with E-state index in [0.29, 0.717) is 24.2 Å². The van der Waals surface area contributed by atoms with Gasteiger partial charge in [-0.1, -0.05) is 6.42 Å². The lowest BCUT2D eigenvalue weighted by Crippen LogP contribution is -2.41. The molecule has 2 aromatic carbocycles. The lowest BCUT2D eigenvalue weighted by molar-refractivity contribution is -0.139. The van der Waals surface area contributed by atoms with Crippen LogP contribution in [0.25, 0.3) is 11.0 Å². The van der Waals surface area contributed by atoms with Crippen molar-refractivity contribution in [3.8, 4) is 12.8 Å². The molecule has 0 radical (unpaired) electrons. The molecule has 1 aromatic heterocycles. The number of nitrogens with zero attached hydrogens (tertiary/aromatic N) is 3. The summed E-state index contributed by atoms with van der Waals surface area (Å²) in [6.07, 6.45) is 14.0. The minimum Gasteiger partial charge on any atom is -0.465 e. The van der Waals surface area contributed by atoms with Gasteiger partial charge >= 0.3 is 5.97 Å². The van der Waals surface area contributed by atoms with E-state index in [0.717, 1.165) is 74.2 Å². The molecule has 3 N–H and O–H groups in total. The number of nitrogens with one attached hydrogen (secondary N) is 1. The number of benzene rings is 2. The van der Waals surface area contributed by atoms with Crippen LogP contribution in [-0.4, -0.2) is 66.8 Å². The number of esters is 1. The van der Waals surface area contributed by atoms with Crippen molar-refractivity contribution in [2.75, 3.05) is 38.6 Å². The Morgan fingerprint density at radius 3 is 2.38 bits per heavy atom. The Labute approximate surface area is 246 Å². The number of hydrogen-bond donors (Lipinski definition) is 2. The van der Waals surface area contributed by atoms with Gasteiger partial charge in [0, 0.05) is 37.1 Å². The predicted molar refractivity (Wildman–Crippen MR) is 164 cm³/mol. The average Bonchev–Trinajstić information content (AvgIpc) is 3.62. The first kappa shape index (κ1) is 31.7. The maximum Gasteiger partial charge on any atom is 0.337 e. The molecule has 2 aliphatic rings. The van der Waals surface area contributed by atoms with E-state index >= 15 is 0 Å². The number of ether oxygens (including phenoxy) is 1. The fourth-order valence-electron chi connectivity index (χ4n) is 4.79. The first-order valence-electron chi connectivity index (χ1n) is 14.0. The molecule has 2 aliphatic heterocycles. The number of aliphatic imine (C=N–C) groups is 1. The molecule has 0 aliphatic carbocycles. The molecule has 10 heteroatoms. The molecule has 0 atom stereocenters. The number of aryl methyl sites for hydroxylation is 1. The molecule has 0 spiro atoms. The van der Waals surface area contributed by atoms with Crippen LogP contribution in [0.3, 0.4) is 0 Å². The number of guanidine groups is 1. The summed E-state index contributed by atoms with van der Waals surface area (Å²) in [5, 5.41) is 4.03. The first-order valence-corrected chi connectivity index (χ1v) is 14.0. The zero-order valence-corrected chi connectivity index (χ0v) is 24.3. The third kappa shape index (κ3) is 9.13. The topological polar surface area (TPSA) is 130 Å². The fourth-order valence-corrected chi connectivity index (χ4v) is 4.79. The number of nitrogens with two attached hydrogens (primary N) is 1. The van der Waals surface area contributed by atoms with Gasteiger partial charge in [-0.25, -0.2) is 9.79 Å². The number of hydrogen-bond acceptors (Lipinski definition) is 6. The van der Waals surface area contributed by atoms with Crippen molar-refractivity contribution in [3.63, 3.8) is 0 Å². The van der Waals surface area contributed by atoms with E-state index in [1.165, 1.54) is 7.11 Å². The van der Waals surface area contributed by atoms with Crippen LogP contribution < -0.4 is 11.1 Å². The molecule has 0 unspecified atom stereocenters. The Balaban J connectivity index is 0.000000234. The fraction of sp³-hybridized carbons (Fsp3) is 0.375. The summed E-state index contributed by atoms with van der Waals surface area (Å²) >= 11 is 0. The van der Waals surface area contributed by atoms with Crippen molar-refractivity contribution in [2.24, 2.45) is 10.7 Å². The molecular weight excluding hydrogens is 534 g/mol. The first-order chi connectivity index (χ1) is 20.3.